The van der Waals surface area contributed by atoms with Crippen LogP contribution >= 0.6 is 0 Å². The molecule has 0 spiro atoms. The van der Waals surface area contributed by atoms with E-state index in [1.807, 2.05) is 0 Å². The third-order valence-electron chi connectivity index (χ3n) is 1.19. The Balaban J connectivity index is 0.000000162. The van der Waals surface area contributed by atoms with Gasteiger partial charge in [-0.25, -0.2) is 0 Å². The van der Waals surface area contributed by atoms with Gasteiger partial charge in [0.2, 0.25) is 0 Å². The van der Waals surface area contributed by atoms with Gasteiger partial charge in [0.15, 0.2) is 6.29 Å². The van der Waals surface area contributed by atoms with Crippen LogP contribution in [0.3, 0.4) is 0 Å². The van der Waals surface area contributed by atoms with Gasteiger partial charge >= 0.3 is 0 Å². The van der Waals surface area contributed by atoms with Crippen molar-refractivity contribution in [2.45, 2.75) is 32.5 Å². The zero-order valence-electron chi connectivity index (χ0n) is 6.42. The van der Waals surface area contributed by atoms with Crippen molar-refractivity contribution < 1.29 is 14.9 Å². The lowest BCUT2D eigenvalue weighted by Gasteiger charge is -1.90. The summed E-state index contributed by atoms with van der Waals surface area (Å²) >= 11 is 0. The van der Waals surface area contributed by atoms with Gasteiger partial charge in [0.25, 0.3) is 0 Å². The van der Waals surface area contributed by atoms with Crippen molar-refractivity contribution in [2.75, 3.05) is 13.2 Å². The summed E-state index contributed by atoms with van der Waals surface area (Å²) in [6.07, 6.45) is 1.86. The minimum absolute atomic E-state index is 0.417. The Morgan fingerprint density at radius 3 is 1.80 bits per heavy atom. The Bertz CT molecular complexity index is 52.3. The largest absolute Gasteiger partial charge is 0.381 e. The molecule has 0 amide bonds. The highest BCUT2D eigenvalue weighted by Gasteiger charge is 1.94. The molecule has 1 heterocycles. The van der Waals surface area contributed by atoms with Crippen LogP contribution in [-0.4, -0.2) is 29.7 Å². The average molecular weight is 148 g/mol. The number of rotatable bonds is 1. The summed E-state index contributed by atoms with van der Waals surface area (Å²) in [5, 5.41) is 15.8. The maximum Gasteiger partial charge on any atom is 0.151 e. The van der Waals surface area contributed by atoms with Gasteiger partial charge in [-0.15, -0.1) is 0 Å². The van der Waals surface area contributed by atoms with E-state index in [2.05, 4.69) is 0 Å². The van der Waals surface area contributed by atoms with Crippen LogP contribution in [0.1, 0.15) is 26.2 Å². The molecular weight excluding hydrogens is 132 g/mol. The van der Waals surface area contributed by atoms with E-state index in [4.69, 9.17) is 14.9 Å². The lowest BCUT2D eigenvalue weighted by Crippen LogP contribution is -1.99. The van der Waals surface area contributed by atoms with Gasteiger partial charge < -0.3 is 14.9 Å². The van der Waals surface area contributed by atoms with E-state index in [1.165, 1.54) is 12.8 Å². The third-order valence-corrected chi connectivity index (χ3v) is 1.19. The second-order valence-electron chi connectivity index (χ2n) is 2.21. The molecule has 2 N–H and O–H groups in total. The molecule has 10 heavy (non-hydrogen) atoms. The van der Waals surface area contributed by atoms with Crippen LogP contribution in [-0.2, 0) is 4.74 Å². The molecule has 62 valence electrons. The van der Waals surface area contributed by atoms with E-state index in [0.29, 0.717) is 6.42 Å². The fourth-order valence-corrected chi connectivity index (χ4v) is 0.510. The second kappa shape index (κ2) is 6.99. The van der Waals surface area contributed by atoms with E-state index in [0.717, 1.165) is 13.2 Å². The number of hydrogen-bond acceptors (Lipinski definition) is 3. The van der Waals surface area contributed by atoms with Crippen molar-refractivity contribution >= 4 is 0 Å². The zero-order chi connectivity index (χ0) is 7.82. The van der Waals surface area contributed by atoms with Crippen LogP contribution in [0.15, 0.2) is 0 Å². The normalized spacial score (nSPS) is 16.8. The number of hydrogen-bond donors (Lipinski definition) is 2. The van der Waals surface area contributed by atoms with Gasteiger partial charge in [0, 0.05) is 13.2 Å². The maximum atomic E-state index is 7.92. The van der Waals surface area contributed by atoms with Crippen molar-refractivity contribution in [2.24, 2.45) is 0 Å². The highest BCUT2D eigenvalue weighted by molar-refractivity contribution is 4.43. The predicted molar refractivity (Wildman–Crippen MR) is 38.6 cm³/mol. The van der Waals surface area contributed by atoms with Crippen LogP contribution in [0.5, 0.6) is 0 Å². The Labute approximate surface area is 61.6 Å². The Morgan fingerprint density at radius 2 is 1.70 bits per heavy atom. The molecule has 0 aliphatic carbocycles. The number of ether oxygens (including phenoxy) is 1. The highest BCUT2D eigenvalue weighted by Crippen LogP contribution is 1.98. The maximum absolute atomic E-state index is 7.92. The fraction of sp³-hybridized carbons (Fsp3) is 1.00. The molecule has 3 nitrogen and oxygen atoms in total. The van der Waals surface area contributed by atoms with Crippen molar-refractivity contribution in [1.82, 2.24) is 0 Å². The first kappa shape index (κ1) is 9.88. The standard InChI is InChI=1S/C4H8O.C3H8O2/c1-2-4-5-3-1;1-2-3(4)5/h1-4H2;3-5H,2H2,1H3. The molecular formula is C7H16O3. The summed E-state index contributed by atoms with van der Waals surface area (Å²) in [6, 6.07) is 0. The van der Waals surface area contributed by atoms with Crippen molar-refractivity contribution in [1.29, 1.82) is 0 Å². The lowest BCUT2D eigenvalue weighted by molar-refractivity contribution is -0.0413. The smallest absolute Gasteiger partial charge is 0.151 e. The molecule has 0 aromatic heterocycles. The minimum atomic E-state index is -1.12. The molecule has 1 aliphatic heterocycles. The first-order chi connectivity index (χ1) is 4.77. The SMILES string of the molecule is C1CCOC1.CCC(O)O. The zero-order valence-corrected chi connectivity index (χ0v) is 6.42. The van der Waals surface area contributed by atoms with Gasteiger partial charge in [0.05, 0.1) is 0 Å². The number of aliphatic hydroxyl groups is 2. The van der Waals surface area contributed by atoms with Crippen LogP contribution in [0.2, 0.25) is 0 Å². The summed E-state index contributed by atoms with van der Waals surface area (Å²) in [4.78, 5) is 0. The molecule has 0 atom stereocenters. The molecule has 1 saturated heterocycles. The van der Waals surface area contributed by atoms with Crippen LogP contribution in [0, 0.1) is 0 Å². The third kappa shape index (κ3) is 7.88. The van der Waals surface area contributed by atoms with Gasteiger partial charge in [-0.2, -0.15) is 0 Å². The van der Waals surface area contributed by atoms with Crippen molar-refractivity contribution in [3.63, 3.8) is 0 Å². The molecule has 1 fully saturated rings. The van der Waals surface area contributed by atoms with Gasteiger partial charge in [0.1, 0.15) is 0 Å². The Kier molecular flexibility index (Phi) is 6.91. The quantitative estimate of drug-likeness (QED) is 0.532. The minimum Gasteiger partial charge on any atom is -0.381 e. The molecule has 1 rings (SSSR count). The van der Waals surface area contributed by atoms with Gasteiger partial charge in [-0.3, -0.25) is 0 Å². The molecule has 0 aromatic rings. The Hall–Kier alpha value is -0.120. The Morgan fingerprint density at radius 1 is 1.30 bits per heavy atom. The highest BCUT2D eigenvalue weighted by atomic mass is 16.5. The second-order valence-corrected chi connectivity index (χ2v) is 2.21. The lowest BCUT2D eigenvalue weighted by atomic mass is 10.4. The summed E-state index contributed by atoms with van der Waals surface area (Å²) < 4.78 is 4.94. The van der Waals surface area contributed by atoms with Crippen LogP contribution < -0.4 is 0 Å². The molecule has 0 radical (unpaired) electrons. The summed E-state index contributed by atoms with van der Waals surface area (Å²) in [5.41, 5.74) is 0. The number of aliphatic hydroxyl groups excluding tert-OH is 1. The van der Waals surface area contributed by atoms with Crippen LogP contribution in [0.25, 0.3) is 0 Å². The first-order valence-corrected chi connectivity index (χ1v) is 3.71. The monoisotopic (exact) mass is 148 g/mol. The average Bonchev–Trinajstić information content (AvgIpc) is 2.43. The molecule has 0 aromatic carbocycles. The van der Waals surface area contributed by atoms with Gasteiger partial charge in [-0.05, 0) is 19.3 Å². The fourth-order valence-electron chi connectivity index (χ4n) is 0.510. The molecule has 3 heteroatoms. The van der Waals surface area contributed by atoms with Gasteiger partial charge in [-0.1, -0.05) is 6.92 Å². The van der Waals surface area contributed by atoms with E-state index < -0.39 is 6.29 Å². The van der Waals surface area contributed by atoms with Crippen LogP contribution in [0.4, 0.5) is 0 Å². The molecule has 0 bridgehead atoms. The van der Waals surface area contributed by atoms with Crippen molar-refractivity contribution in [3.05, 3.63) is 0 Å². The predicted octanol–water partition coefficient (Wildman–Crippen LogP) is 0.504. The van der Waals surface area contributed by atoms with E-state index in [-0.39, 0.29) is 0 Å². The van der Waals surface area contributed by atoms with E-state index in [1.54, 1.807) is 6.92 Å². The topological polar surface area (TPSA) is 49.7 Å². The van der Waals surface area contributed by atoms with Crippen molar-refractivity contribution in [3.8, 4) is 0 Å². The summed E-state index contributed by atoms with van der Waals surface area (Å²) in [6.45, 7) is 3.70. The summed E-state index contributed by atoms with van der Waals surface area (Å²) in [7, 11) is 0. The first-order valence-electron chi connectivity index (χ1n) is 3.71. The van der Waals surface area contributed by atoms with E-state index in [9.17, 15) is 0 Å². The van der Waals surface area contributed by atoms with E-state index >= 15 is 0 Å². The molecule has 0 unspecified atom stereocenters. The molecule has 0 saturated carbocycles. The molecule has 1 aliphatic rings. The summed E-state index contributed by atoms with van der Waals surface area (Å²) in [5.74, 6) is 0.